The maximum absolute atomic E-state index is 13.1. The van der Waals surface area contributed by atoms with Crippen LogP contribution in [0.15, 0.2) is 83.8 Å². The fourth-order valence-electron chi connectivity index (χ4n) is 2.83. The molecular formula is C23H16ClF3O3S. The van der Waals surface area contributed by atoms with Gasteiger partial charge in [-0.3, -0.25) is 4.79 Å². The second kappa shape index (κ2) is 9.08. The van der Waals surface area contributed by atoms with Crippen molar-refractivity contribution in [1.29, 1.82) is 0 Å². The normalized spacial score (nSPS) is 12.6. The lowest BCUT2D eigenvalue weighted by Gasteiger charge is -2.10. The van der Waals surface area contributed by atoms with Crippen molar-refractivity contribution in [1.82, 2.24) is 0 Å². The van der Waals surface area contributed by atoms with Crippen LogP contribution in [0.25, 0.3) is 6.08 Å². The van der Waals surface area contributed by atoms with Gasteiger partial charge in [0, 0.05) is 10.6 Å². The van der Waals surface area contributed by atoms with Gasteiger partial charge in [-0.05, 0) is 53.6 Å². The van der Waals surface area contributed by atoms with E-state index in [-0.39, 0.29) is 11.1 Å². The summed E-state index contributed by atoms with van der Waals surface area (Å²) in [6.07, 6.45) is -3.43. The molecule has 3 aromatic rings. The minimum atomic E-state index is -4.52. The monoisotopic (exact) mass is 464 g/mol. The number of rotatable bonds is 6. The molecule has 0 aliphatic carbocycles. The van der Waals surface area contributed by atoms with Crippen LogP contribution in [0, 0.1) is 0 Å². The molecule has 31 heavy (non-hydrogen) atoms. The summed E-state index contributed by atoms with van der Waals surface area (Å²) in [6, 6.07) is 17.9. The number of carbonyl (C=O) groups excluding carboxylic acids is 1. The van der Waals surface area contributed by atoms with Gasteiger partial charge in [-0.15, -0.1) is 0 Å². The molecule has 160 valence electrons. The Balaban J connectivity index is 2.06. The largest absolute Gasteiger partial charge is 0.416 e. The zero-order valence-corrected chi connectivity index (χ0v) is 17.5. The zero-order valence-electron chi connectivity index (χ0n) is 15.9. The van der Waals surface area contributed by atoms with E-state index in [1.807, 2.05) is 0 Å². The first-order valence-electron chi connectivity index (χ1n) is 9.02. The number of sulfone groups is 1. The van der Waals surface area contributed by atoms with Gasteiger partial charge >= 0.3 is 6.18 Å². The highest BCUT2D eigenvalue weighted by Crippen LogP contribution is 2.30. The van der Waals surface area contributed by atoms with Gasteiger partial charge in [-0.25, -0.2) is 8.42 Å². The average Bonchev–Trinajstić information content (AvgIpc) is 2.72. The van der Waals surface area contributed by atoms with Gasteiger partial charge in [-0.1, -0.05) is 54.1 Å². The highest BCUT2D eigenvalue weighted by Gasteiger charge is 2.30. The van der Waals surface area contributed by atoms with E-state index in [1.54, 1.807) is 30.3 Å². The molecule has 0 saturated heterocycles. The Morgan fingerprint density at radius 3 is 2.00 bits per heavy atom. The molecule has 8 heteroatoms. The maximum Gasteiger partial charge on any atom is 0.416 e. The number of ketones is 1. The molecular weight excluding hydrogens is 449 g/mol. The van der Waals surface area contributed by atoms with Crippen LogP contribution in [0.1, 0.15) is 27.0 Å². The van der Waals surface area contributed by atoms with Crippen molar-refractivity contribution >= 4 is 33.3 Å². The molecule has 0 unspecified atom stereocenters. The molecule has 0 aromatic heterocycles. The third-order valence-electron chi connectivity index (χ3n) is 4.40. The van der Waals surface area contributed by atoms with Gasteiger partial charge in [0.05, 0.1) is 11.3 Å². The summed E-state index contributed by atoms with van der Waals surface area (Å²) in [5, 5.41) is 0.372. The summed E-state index contributed by atoms with van der Waals surface area (Å²) < 4.78 is 64.7. The Labute approximate surface area is 182 Å². The molecule has 0 bridgehead atoms. The summed E-state index contributed by atoms with van der Waals surface area (Å²) in [5.41, 5.74) is -0.145. The van der Waals surface area contributed by atoms with Gasteiger partial charge < -0.3 is 0 Å². The SMILES string of the molecule is O=C(/C(=C\c1ccc(C(F)(F)F)cc1)S(=O)(=O)Cc1ccccc1)c1ccc(Cl)cc1. The van der Waals surface area contributed by atoms with Crippen LogP contribution in [0.3, 0.4) is 0 Å². The van der Waals surface area contributed by atoms with Gasteiger partial charge in [0.25, 0.3) is 0 Å². The first kappa shape index (κ1) is 22.8. The van der Waals surface area contributed by atoms with Gasteiger partial charge in [0.15, 0.2) is 9.84 Å². The van der Waals surface area contributed by atoms with Gasteiger partial charge in [0.2, 0.25) is 5.78 Å². The highest BCUT2D eigenvalue weighted by molar-refractivity contribution is 7.95. The molecule has 0 aliphatic rings. The van der Waals surface area contributed by atoms with Crippen molar-refractivity contribution in [2.45, 2.75) is 11.9 Å². The number of halogens is 4. The quantitative estimate of drug-likeness (QED) is 0.322. The van der Waals surface area contributed by atoms with Crippen molar-refractivity contribution < 1.29 is 26.4 Å². The third-order valence-corrected chi connectivity index (χ3v) is 6.34. The maximum atomic E-state index is 13.1. The third kappa shape index (κ3) is 5.83. The fraction of sp³-hybridized carbons (Fsp3) is 0.0870. The molecule has 3 nitrogen and oxygen atoms in total. The van der Waals surface area contributed by atoms with Crippen molar-refractivity contribution in [2.24, 2.45) is 0 Å². The predicted molar refractivity (Wildman–Crippen MR) is 114 cm³/mol. The molecule has 0 heterocycles. The Kier molecular flexibility index (Phi) is 6.67. The molecule has 0 spiro atoms. The van der Waals surface area contributed by atoms with E-state index >= 15 is 0 Å². The molecule has 0 N–H and O–H groups in total. The second-order valence-electron chi connectivity index (χ2n) is 6.71. The molecule has 0 amide bonds. The summed E-state index contributed by atoms with van der Waals surface area (Å²) in [4.78, 5) is 12.5. The Morgan fingerprint density at radius 2 is 1.45 bits per heavy atom. The number of hydrogen-bond donors (Lipinski definition) is 0. The summed E-state index contributed by atoms with van der Waals surface area (Å²) >= 11 is 5.84. The van der Waals surface area contributed by atoms with E-state index in [4.69, 9.17) is 11.6 Å². The summed E-state index contributed by atoms with van der Waals surface area (Å²) in [6.45, 7) is 0. The lowest BCUT2D eigenvalue weighted by molar-refractivity contribution is -0.137. The van der Waals surface area contributed by atoms with Crippen molar-refractivity contribution in [2.75, 3.05) is 0 Å². The Morgan fingerprint density at radius 1 is 0.871 bits per heavy atom. The number of alkyl halides is 3. The van der Waals surface area contributed by atoms with E-state index in [1.165, 1.54) is 24.3 Å². The standard InChI is InChI=1S/C23H16ClF3O3S/c24-20-12-8-18(9-13-20)22(28)21(31(29,30)15-17-4-2-1-3-5-17)14-16-6-10-19(11-7-16)23(25,26)27/h1-14H,15H2/b21-14+. The van der Waals surface area contributed by atoms with Gasteiger partial charge in [-0.2, -0.15) is 13.2 Å². The first-order valence-corrected chi connectivity index (χ1v) is 11.1. The van der Waals surface area contributed by atoms with Crippen LogP contribution in [-0.2, 0) is 21.8 Å². The minimum Gasteiger partial charge on any atom is -0.288 e. The lowest BCUT2D eigenvalue weighted by Crippen LogP contribution is -2.16. The fourth-order valence-corrected chi connectivity index (χ4v) is 4.46. The molecule has 0 aliphatic heterocycles. The summed E-state index contributed by atoms with van der Waals surface area (Å²) in [5.74, 6) is -1.20. The second-order valence-corrected chi connectivity index (χ2v) is 9.10. The topological polar surface area (TPSA) is 51.2 Å². The molecule has 0 saturated carbocycles. The van der Waals surface area contributed by atoms with Crippen LogP contribution in [0.5, 0.6) is 0 Å². The van der Waals surface area contributed by atoms with Crippen molar-refractivity contribution in [3.8, 4) is 0 Å². The van der Waals surface area contributed by atoms with Crippen molar-refractivity contribution in [3.63, 3.8) is 0 Å². The number of allylic oxidation sites excluding steroid dienone is 1. The van der Waals surface area contributed by atoms with Gasteiger partial charge in [0.1, 0.15) is 4.91 Å². The molecule has 3 aromatic carbocycles. The van der Waals surface area contributed by atoms with E-state index in [2.05, 4.69) is 0 Å². The van der Waals surface area contributed by atoms with E-state index in [0.29, 0.717) is 10.6 Å². The number of Topliss-reactive ketones (excluding diaryl/α,β-unsaturated/α-hetero) is 1. The van der Waals surface area contributed by atoms with Crippen LogP contribution in [0.2, 0.25) is 5.02 Å². The lowest BCUT2D eigenvalue weighted by atomic mass is 10.1. The van der Waals surface area contributed by atoms with Crippen LogP contribution >= 0.6 is 11.6 Å². The molecule has 3 rings (SSSR count). The van der Waals surface area contributed by atoms with Crippen LogP contribution in [-0.4, -0.2) is 14.2 Å². The average molecular weight is 465 g/mol. The summed E-state index contributed by atoms with van der Waals surface area (Å²) in [7, 11) is -4.11. The predicted octanol–water partition coefficient (Wildman–Crippen LogP) is 6.20. The highest BCUT2D eigenvalue weighted by atomic mass is 35.5. The Hall–Kier alpha value is -2.90. The number of hydrogen-bond acceptors (Lipinski definition) is 3. The van der Waals surface area contributed by atoms with Crippen LogP contribution in [0.4, 0.5) is 13.2 Å². The first-order chi connectivity index (χ1) is 14.6. The van der Waals surface area contributed by atoms with E-state index in [0.717, 1.165) is 30.3 Å². The van der Waals surface area contributed by atoms with Crippen LogP contribution < -0.4 is 0 Å². The number of carbonyl (C=O) groups is 1. The molecule has 0 fully saturated rings. The molecule has 0 atom stereocenters. The number of benzene rings is 3. The smallest absolute Gasteiger partial charge is 0.288 e. The Bertz CT molecular complexity index is 1200. The minimum absolute atomic E-state index is 0.0965. The molecule has 0 radical (unpaired) electrons. The van der Waals surface area contributed by atoms with E-state index in [9.17, 15) is 26.4 Å². The zero-order chi connectivity index (χ0) is 22.6. The van der Waals surface area contributed by atoms with E-state index < -0.39 is 38.0 Å². The van der Waals surface area contributed by atoms with Crippen molar-refractivity contribution in [3.05, 3.63) is 111 Å².